The Morgan fingerprint density at radius 3 is 2.70 bits per heavy atom. The molecular formula is C14H17F4NO. The highest BCUT2D eigenvalue weighted by molar-refractivity contribution is 5.35. The van der Waals surface area contributed by atoms with Gasteiger partial charge in [0, 0.05) is 18.2 Å². The number of phenols is 1. The fourth-order valence-corrected chi connectivity index (χ4v) is 2.68. The Labute approximate surface area is 115 Å². The minimum Gasteiger partial charge on any atom is -0.508 e. The van der Waals surface area contributed by atoms with E-state index in [0.29, 0.717) is 18.5 Å². The van der Waals surface area contributed by atoms with E-state index in [9.17, 15) is 22.7 Å². The molecule has 1 aliphatic rings. The highest BCUT2D eigenvalue weighted by atomic mass is 19.4. The van der Waals surface area contributed by atoms with Crippen molar-refractivity contribution in [2.75, 3.05) is 13.1 Å². The minimum absolute atomic E-state index is 0.0898. The number of alkyl halides is 3. The first kappa shape index (κ1) is 15.1. The third-order valence-corrected chi connectivity index (χ3v) is 3.90. The smallest absolute Gasteiger partial charge is 0.393 e. The van der Waals surface area contributed by atoms with Crippen molar-refractivity contribution in [3.8, 4) is 5.75 Å². The molecule has 2 nitrogen and oxygen atoms in total. The highest BCUT2D eigenvalue weighted by Gasteiger charge is 2.42. The van der Waals surface area contributed by atoms with Crippen molar-refractivity contribution in [1.29, 1.82) is 0 Å². The van der Waals surface area contributed by atoms with Crippen molar-refractivity contribution in [3.05, 3.63) is 29.6 Å². The monoisotopic (exact) mass is 291 g/mol. The Bertz CT molecular complexity index is 475. The molecule has 6 heteroatoms. The number of nitrogens with zero attached hydrogens (tertiary/aromatic N) is 1. The van der Waals surface area contributed by atoms with Crippen LogP contribution >= 0.6 is 0 Å². The maximum atomic E-state index is 13.2. The summed E-state index contributed by atoms with van der Waals surface area (Å²) < 4.78 is 51.6. The van der Waals surface area contributed by atoms with Gasteiger partial charge in [0.15, 0.2) is 0 Å². The average molecular weight is 291 g/mol. The predicted molar refractivity (Wildman–Crippen MR) is 66.8 cm³/mol. The number of piperidine rings is 1. The molecule has 0 aromatic heterocycles. The fraction of sp³-hybridized carbons (Fsp3) is 0.571. The van der Waals surface area contributed by atoms with Gasteiger partial charge in [0.05, 0.1) is 5.92 Å². The van der Waals surface area contributed by atoms with Crippen molar-refractivity contribution >= 4 is 0 Å². The van der Waals surface area contributed by atoms with Crippen molar-refractivity contribution in [3.63, 3.8) is 0 Å². The van der Waals surface area contributed by atoms with Crippen LogP contribution in [0.2, 0.25) is 0 Å². The summed E-state index contributed by atoms with van der Waals surface area (Å²) in [6.45, 7) is 2.09. The first-order valence-corrected chi connectivity index (χ1v) is 6.58. The lowest BCUT2D eigenvalue weighted by Crippen LogP contribution is -2.42. The first-order valence-electron chi connectivity index (χ1n) is 6.58. The Morgan fingerprint density at radius 1 is 1.35 bits per heavy atom. The minimum atomic E-state index is -4.21. The molecule has 20 heavy (non-hydrogen) atoms. The van der Waals surface area contributed by atoms with Gasteiger partial charge in [0.2, 0.25) is 0 Å². The number of aromatic hydroxyl groups is 1. The summed E-state index contributed by atoms with van der Waals surface area (Å²) in [6, 6.07) is 3.08. The molecule has 2 unspecified atom stereocenters. The Morgan fingerprint density at radius 2 is 2.05 bits per heavy atom. The fourth-order valence-electron chi connectivity index (χ4n) is 2.68. The van der Waals surface area contributed by atoms with E-state index in [1.54, 1.807) is 11.8 Å². The lowest BCUT2D eigenvalue weighted by atomic mass is 9.94. The van der Waals surface area contributed by atoms with Crippen molar-refractivity contribution in [2.45, 2.75) is 32.0 Å². The van der Waals surface area contributed by atoms with Crippen LogP contribution < -0.4 is 0 Å². The Kier molecular flexibility index (Phi) is 4.22. The molecule has 0 bridgehead atoms. The lowest BCUT2D eigenvalue weighted by molar-refractivity contribution is -0.188. The van der Waals surface area contributed by atoms with E-state index in [2.05, 4.69) is 0 Å². The number of rotatable bonds is 2. The van der Waals surface area contributed by atoms with Crippen LogP contribution in [0.15, 0.2) is 18.2 Å². The number of likely N-dealkylation sites (tertiary alicyclic amines) is 1. The molecule has 1 saturated heterocycles. The molecule has 2 rings (SSSR count). The summed E-state index contributed by atoms with van der Waals surface area (Å²) in [5, 5.41) is 9.75. The van der Waals surface area contributed by atoms with E-state index in [-0.39, 0.29) is 18.7 Å². The van der Waals surface area contributed by atoms with Crippen LogP contribution in [0, 0.1) is 11.7 Å². The molecule has 0 radical (unpaired) electrons. The standard InChI is InChI=1S/C14H17F4NO/c1-9(12-7-11(15)4-5-13(12)20)19-6-2-3-10(8-19)14(16,17)18/h4-5,7,9-10,20H,2-3,6,8H2,1H3. The summed E-state index contributed by atoms with van der Waals surface area (Å²) in [6.07, 6.45) is -3.63. The molecule has 0 spiro atoms. The van der Waals surface area contributed by atoms with E-state index in [1.165, 1.54) is 12.1 Å². The van der Waals surface area contributed by atoms with E-state index in [4.69, 9.17) is 0 Å². The van der Waals surface area contributed by atoms with E-state index < -0.39 is 24.0 Å². The summed E-state index contributed by atoms with van der Waals surface area (Å²) in [7, 11) is 0. The van der Waals surface area contributed by atoms with Gasteiger partial charge >= 0.3 is 6.18 Å². The molecule has 0 aliphatic carbocycles. The zero-order valence-electron chi connectivity index (χ0n) is 11.1. The number of hydrogen-bond acceptors (Lipinski definition) is 2. The number of halogens is 4. The van der Waals surface area contributed by atoms with E-state index in [0.717, 1.165) is 6.07 Å². The molecular weight excluding hydrogens is 274 g/mol. The zero-order chi connectivity index (χ0) is 14.9. The van der Waals surface area contributed by atoms with Crippen LogP contribution in [0.1, 0.15) is 31.4 Å². The molecule has 112 valence electrons. The van der Waals surface area contributed by atoms with Gasteiger partial charge < -0.3 is 5.11 Å². The maximum Gasteiger partial charge on any atom is 0.393 e. The molecule has 0 saturated carbocycles. The first-order chi connectivity index (χ1) is 9.29. The Balaban J connectivity index is 2.16. The van der Waals surface area contributed by atoms with Gasteiger partial charge in [-0.05, 0) is 44.5 Å². The Hall–Kier alpha value is -1.30. The molecule has 0 amide bonds. The van der Waals surface area contributed by atoms with Gasteiger partial charge in [-0.2, -0.15) is 13.2 Å². The summed E-state index contributed by atoms with van der Waals surface area (Å²) >= 11 is 0. The summed E-state index contributed by atoms with van der Waals surface area (Å²) in [5.74, 6) is -1.95. The second-order valence-corrected chi connectivity index (χ2v) is 5.25. The largest absolute Gasteiger partial charge is 0.508 e. The van der Waals surface area contributed by atoms with Crippen molar-refractivity contribution in [2.24, 2.45) is 5.92 Å². The van der Waals surface area contributed by atoms with Crippen molar-refractivity contribution < 1.29 is 22.7 Å². The average Bonchev–Trinajstić information content (AvgIpc) is 2.40. The maximum absolute atomic E-state index is 13.2. The van der Waals surface area contributed by atoms with Crippen LogP contribution in [0.5, 0.6) is 5.75 Å². The third kappa shape index (κ3) is 3.23. The van der Waals surface area contributed by atoms with Gasteiger partial charge in [-0.3, -0.25) is 4.90 Å². The third-order valence-electron chi connectivity index (χ3n) is 3.90. The van der Waals surface area contributed by atoms with Crippen LogP contribution in [0.3, 0.4) is 0 Å². The SMILES string of the molecule is CC(c1cc(F)ccc1O)N1CCCC(C(F)(F)F)C1. The van der Waals surface area contributed by atoms with Gasteiger partial charge in [0.25, 0.3) is 0 Å². The van der Waals surface area contributed by atoms with Gasteiger partial charge in [-0.15, -0.1) is 0 Å². The van der Waals surface area contributed by atoms with Crippen molar-refractivity contribution in [1.82, 2.24) is 4.90 Å². The number of phenolic OH excluding ortho intramolecular Hbond substituents is 1. The molecule has 1 aliphatic heterocycles. The van der Waals surface area contributed by atoms with Gasteiger partial charge in [0.1, 0.15) is 11.6 Å². The van der Waals surface area contributed by atoms with Gasteiger partial charge in [-0.1, -0.05) is 0 Å². The number of benzene rings is 1. The molecule has 1 fully saturated rings. The topological polar surface area (TPSA) is 23.5 Å². The molecule has 2 atom stereocenters. The van der Waals surface area contributed by atoms with Crippen LogP contribution in [-0.2, 0) is 0 Å². The predicted octanol–water partition coefficient (Wildman–Crippen LogP) is 3.87. The highest BCUT2D eigenvalue weighted by Crippen LogP contribution is 2.37. The zero-order valence-corrected chi connectivity index (χ0v) is 11.1. The molecule has 1 N–H and O–H groups in total. The van der Waals surface area contributed by atoms with Gasteiger partial charge in [-0.25, -0.2) is 4.39 Å². The second-order valence-electron chi connectivity index (χ2n) is 5.25. The molecule has 1 heterocycles. The number of hydrogen-bond donors (Lipinski definition) is 1. The lowest BCUT2D eigenvalue weighted by Gasteiger charge is -2.37. The summed E-state index contributed by atoms with van der Waals surface area (Å²) in [4.78, 5) is 1.65. The second kappa shape index (κ2) is 5.60. The quantitative estimate of drug-likeness (QED) is 0.836. The van der Waals surface area contributed by atoms with Crippen LogP contribution in [-0.4, -0.2) is 29.3 Å². The van der Waals surface area contributed by atoms with Crippen LogP contribution in [0.25, 0.3) is 0 Å². The molecule has 1 aromatic carbocycles. The summed E-state index contributed by atoms with van der Waals surface area (Å²) in [5.41, 5.74) is 0.327. The molecule has 1 aromatic rings. The van der Waals surface area contributed by atoms with Crippen LogP contribution in [0.4, 0.5) is 17.6 Å². The van der Waals surface area contributed by atoms with E-state index in [1.807, 2.05) is 0 Å². The van der Waals surface area contributed by atoms with E-state index >= 15 is 0 Å². The normalized spacial score (nSPS) is 22.8.